The maximum atomic E-state index is 12.2. The Bertz CT molecular complexity index is 862. The van der Waals surface area contributed by atoms with Crippen LogP contribution in [0.1, 0.15) is 17.4 Å². The highest BCUT2D eigenvalue weighted by atomic mass is 35.5. The molecule has 0 bridgehead atoms. The van der Waals surface area contributed by atoms with Gasteiger partial charge in [0.15, 0.2) is 17.4 Å². The lowest BCUT2D eigenvalue weighted by Crippen LogP contribution is -2.21. The van der Waals surface area contributed by atoms with E-state index in [1.807, 2.05) is 0 Å². The normalized spacial score (nSPS) is 10.4. The first-order valence-corrected chi connectivity index (χ1v) is 8.45. The van der Waals surface area contributed by atoms with Gasteiger partial charge in [0.25, 0.3) is 5.91 Å². The Hall–Kier alpha value is -2.79. The van der Waals surface area contributed by atoms with E-state index in [-0.39, 0.29) is 33.2 Å². The van der Waals surface area contributed by atoms with Gasteiger partial charge in [0, 0.05) is 18.0 Å². The molecule has 0 unspecified atom stereocenters. The average Bonchev–Trinajstić information content (AvgIpc) is 3.02. The number of hydrogen-bond acceptors (Lipinski definition) is 7. The molecule has 144 valence electrons. The molecule has 0 aliphatic carbocycles. The predicted octanol–water partition coefficient (Wildman–Crippen LogP) is 3.15. The van der Waals surface area contributed by atoms with Crippen molar-refractivity contribution in [3.63, 3.8) is 0 Å². The Morgan fingerprint density at radius 1 is 1.30 bits per heavy atom. The summed E-state index contributed by atoms with van der Waals surface area (Å²) >= 11 is 6.80. The molecule has 2 amide bonds. The van der Waals surface area contributed by atoms with Crippen molar-refractivity contribution in [3.05, 3.63) is 34.3 Å². The summed E-state index contributed by atoms with van der Waals surface area (Å²) in [5.41, 5.74) is 0.136. The number of nitrogens with one attached hydrogen (secondary N) is 2. The van der Waals surface area contributed by atoms with E-state index in [4.69, 9.17) is 16.3 Å². The molecule has 0 aliphatic heterocycles. The molecule has 0 radical (unpaired) electrons. The number of hydrogen-bond donors (Lipinski definition) is 2. The van der Waals surface area contributed by atoms with Crippen molar-refractivity contribution >= 4 is 51.5 Å². The molecule has 0 aliphatic rings. The second-order valence-electron chi connectivity index (χ2n) is 4.87. The first kappa shape index (κ1) is 20.5. The van der Waals surface area contributed by atoms with Crippen LogP contribution in [0.2, 0.25) is 5.02 Å². The van der Waals surface area contributed by atoms with Crippen molar-refractivity contribution in [3.8, 4) is 5.75 Å². The molecule has 1 heterocycles. The van der Waals surface area contributed by atoms with Crippen molar-refractivity contribution in [2.24, 2.45) is 0 Å². The third-order valence-electron chi connectivity index (χ3n) is 2.76. The van der Waals surface area contributed by atoms with Crippen molar-refractivity contribution in [1.29, 1.82) is 0 Å². The van der Waals surface area contributed by atoms with Crippen LogP contribution in [0.4, 0.5) is 19.6 Å². The summed E-state index contributed by atoms with van der Waals surface area (Å²) in [7, 11) is 0. The summed E-state index contributed by atoms with van der Waals surface area (Å²) in [5, 5.41) is 6.26. The summed E-state index contributed by atoms with van der Waals surface area (Å²) in [6.45, 7) is -2.35. The van der Waals surface area contributed by atoms with Crippen LogP contribution < -0.4 is 15.4 Å². The van der Waals surface area contributed by atoms with Crippen molar-refractivity contribution in [2.75, 3.05) is 17.2 Å². The summed E-state index contributed by atoms with van der Waals surface area (Å²) in [4.78, 5) is 38.4. The molecule has 0 atom stereocenters. The number of esters is 1. The lowest BCUT2D eigenvalue weighted by Gasteiger charge is -2.09. The Kier molecular flexibility index (Phi) is 7.02. The minimum Gasteiger partial charge on any atom is -0.451 e. The van der Waals surface area contributed by atoms with E-state index in [0.29, 0.717) is 0 Å². The minimum absolute atomic E-state index is 0.0619. The maximum absolute atomic E-state index is 12.2. The molecule has 8 nitrogen and oxygen atoms in total. The van der Waals surface area contributed by atoms with Crippen LogP contribution in [0.15, 0.2) is 23.6 Å². The number of anilines is 2. The van der Waals surface area contributed by atoms with Crippen LogP contribution in [-0.2, 0) is 14.3 Å². The number of alkyl halides is 2. The maximum Gasteiger partial charge on any atom is 0.387 e. The Labute approximate surface area is 160 Å². The fourth-order valence-electron chi connectivity index (χ4n) is 1.75. The summed E-state index contributed by atoms with van der Waals surface area (Å²) in [6.07, 6.45) is 0. The van der Waals surface area contributed by atoms with Gasteiger partial charge in [-0.25, -0.2) is 9.78 Å². The molecule has 0 fully saturated rings. The van der Waals surface area contributed by atoms with E-state index >= 15 is 0 Å². The van der Waals surface area contributed by atoms with Gasteiger partial charge in [0.1, 0.15) is 5.75 Å². The summed E-state index contributed by atoms with van der Waals surface area (Å²) < 4.78 is 33.3. The molecule has 2 aromatic rings. The smallest absolute Gasteiger partial charge is 0.387 e. The predicted molar refractivity (Wildman–Crippen MR) is 93.4 cm³/mol. The zero-order valence-corrected chi connectivity index (χ0v) is 15.2. The van der Waals surface area contributed by atoms with E-state index in [1.165, 1.54) is 24.4 Å². The number of aromatic nitrogens is 1. The molecule has 1 aromatic heterocycles. The molecule has 0 saturated carbocycles. The number of ether oxygens (including phenoxy) is 2. The fraction of sp³-hybridized carbons (Fsp3) is 0.200. The van der Waals surface area contributed by atoms with E-state index < -0.39 is 25.1 Å². The lowest BCUT2D eigenvalue weighted by atomic mass is 10.3. The number of thiazole rings is 1. The molecule has 12 heteroatoms. The van der Waals surface area contributed by atoms with Crippen molar-refractivity contribution in [1.82, 2.24) is 4.98 Å². The molecule has 2 rings (SSSR count). The average molecular weight is 420 g/mol. The summed E-state index contributed by atoms with van der Waals surface area (Å²) in [5.74, 6) is -2.11. The van der Waals surface area contributed by atoms with E-state index in [2.05, 4.69) is 20.4 Å². The van der Waals surface area contributed by atoms with Gasteiger partial charge in [-0.05, 0) is 18.2 Å². The number of amides is 2. The first-order chi connectivity index (χ1) is 12.7. The lowest BCUT2D eigenvalue weighted by molar-refractivity contribution is -0.119. The topological polar surface area (TPSA) is 107 Å². The third-order valence-corrected chi connectivity index (χ3v) is 3.82. The fourth-order valence-corrected chi connectivity index (χ4v) is 2.70. The third kappa shape index (κ3) is 6.46. The highest BCUT2D eigenvalue weighted by Crippen LogP contribution is 2.28. The molecule has 0 spiro atoms. The minimum atomic E-state index is -3.03. The molecular formula is C15H12ClF2N3O5S. The van der Waals surface area contributed by atoms with E-state index in [0.717, 1.165) is 17.4 Å². The van der Waals surface area contributed by atoms with Gasteiger partial charge in [-0.3, -0.25) is 9.59 Å². The highest BCUT2D eigenvalue weighted by Gasteiger charge is 2.15. The van der Waals surface area contributed by atoms with Gasteiger partial charge >= 0.3 is 12.6 Å². The van der Waals surface area contributed by atoms with E-state index in [1.54, 1.807) is 0 Å². The molecular weight excluding hydrogens is 408 g/mol. The number of benzene rings is 1. The number of carbonyl (C=O) groups excluding carboxylic acids is 3. The van der Waals surface area contributed by atoms with Gasteiger partial charge in [0.2, 0.25) is 5.91 Å². The zero-order chi connectivity index (χ0) is 20.0. The second kappa shape index (κ2) is 9.24. The van der Waals surface area contributed by atoms with Gasteiger partial charge in [-0.15, -0.1) is 11.3 Å². The number of halogens is 3. The molecule has 27 heavy (non-hydrogen) atoms. The Balaban J connectivity index is 1.87. The standard InChI is InChI=1S/C15H12ClF2N3O5S/c1-7(22)19-15-21-10(6-27-15)13(24)25-5-12(23)20-8-2-3-11(9(16)4-8)26-14(17)18/h2-4,6,14H,5H2,1H3,(H,20,23)(H,19,21,22). The molecule has 1 aromatic carbocycles. The van der Waals surface area contributed by atoms with Gasteiger partial charge < -0.3 is 20.1 Å². The van der Waals surface area contributed by atoms with Gasteiger partial charge in [0.05, 0.1) is 5.02 Å². The van der Waals surface area contributed by atoms with Gasteiger partial charge in [-0.1, -0.05) is 11.6 Å². The van der Waals surface area contributed by atoms with Crippen molar-refractivity contribution < 1.29 is 32.6 Å². The largest absolute Gasteiger partial charge is 0.451 e. The van der Waals surface area contributed by atoms with E-state index in [9.17, 15) is 23.2 Å². The molecule has 0 saturated heterocycles. The zero-order valence-electron chi connectivity index (χ0n) is 13.6. The van der Waals surface area contributed by atoms with Crippen LogP contribution in [-0.4, -0.2) is 36.0 Å². The van der Waals surface area contributed by atoms with Crippen molar-refractivity contribution in [2.45, 2.75) is 13.5 Å². The van der Waals surface area contributed by atoms with Crippen LogP contribution >= 0.6 is 22.9 Å². The first-order valence-electron chi connectivity index (χ1n) is 7.19. The highest BCUT2D eigenvalue weighted by molar-refractivity contribution is 7.14. The summed E-state index contributed by atoms with van der Waals surface area (Å²) in [6, 6.07) is 3.66. The van der Waals surface area contributed by atoms with Crippen LogP contribution in [0, 0.1) is 0 Å². The van der Waals surface area contributed by atoms with Gasteiger partial charge in [-0.2, -0.15) is 8.78 Å². The Morgan fingerprint density at radius 2 is 2.04 bits per heavy atom. The monoisotopic (exact) mass is 419 g/mol. The quantitative estimate of drug-likeness (QED) is 0.668. The van der Waals surface area contributed by atoms with Crippen LogP contribution in [0.25, 0.3) is 0 Å². The van der Waals surface area contributed by atoms with Crippen LogP contribution in [0.5, 0.6) is 5.75 Å². The SMILES string of the molecule is CC(=O)Nc1nc(C(=O)OCC(=O)Nc2ccc(OC(F)F)c(Cl)c2)cs1. The van der Waals surface area contributed by atoms with Crippen LogP contribution in [0.3, 0.4) is 0 Å². The second-order valence-corrected chi connectivity index (χ2v) is 6.13. The molecule has 2 N–H and O–H groups in total. The number of rotatable bonds is 7. The number of nitrogens with zero attached hydrogens (tertiary/aromatic N) is 1. The number of carbonyl (C=O) groups is 3. The Morgan fingerprint density at radius 3 is 2.67 bits per heavy atom.